The van der Waals surface area contributed by atoms with E-state index < -0.39 is 15.8 Å². The summed E-state index contributed by atoms with van der Waals surface area (Å²) >= 11 is 0. The zero-order chi connectivity index (χ0) is 11.3. The highest BCUT2D eigenvalue weighted by molar-refractivity contribution is 7.92. The number of aryl methyl sites for hydroxylation is 1. The minimum Gasteiger partial charge on any atom is -0.280 e. The van der Waals surface area contributed by atoms with E-state index in [9.17, 15) is 8.42 Å². The van der Waals surface area contributed by atoms with Crippen molar-refractivity contribution in [3.05, 3.63) is 11.8 Å². The topological polar surface area (TPSA) is 98.6 Å². The summed E-state index contributed by atoms with van der Waals surface area (Å²) in [7, 11) is -3.58. The number of hydrogen-bond donors (Lipinski definition) is 2. The van der Waals surface area contributed by atoms with Gasteiger partial charge in [0.25, 0.3) is 0 Å². The second-order valence-corrected chi connectivity index (χ2v) is 4.77. The molecule has 7 heteroatoms. The fourth-order valence-corrected chi connectivity index (χ4v) is 1.76. The Morgan fingerprint density at radius 1 is 1.67 bits per heavy atom. The molecule has 0 unspecified atom stereocenters. The van der Waals surface area contributed by atoms with Gasteiger partial charge in [-0.2, -0.15) is 10.4 Å². The summed E-state index contributed by atoms with van der Waals surface area (Å²) in [5, 5.41) is 14.8. The molecule has 0 saturated heterocycles. The van der Waals surface area contributed by atoms with Gasteiger partial charge in [0, 0.05) is 11.8 Å². The van der Waals surface area contributed by atoms with Crippen LogP contribution in [0.3, 0.4) is 0 Å². The van der Waals surface area contributed by atoms with E-state index >= 15 is 0 Å². The zero-order valence-corrected chi connectivity index (χ0v) is 9.13. The molecule has 6 nitrogen and oxygen atoms in total. The molecule has 0 aromatic carbocycles. The van der Waals surface area contributed by atoms with E-state index in [1.807, 2.05) is 6.92 Å². The molecule has 0 aliphatic rings. The number of nitrogens with one attached hydrogen (secondary N) is 2. The monoisotopic (exact) mass is 228 g/mol. The first kappa shape index (κ1) is 11.5. The Balaban J connectivity index is 2.69. The average Bonchev–Trinajstić information content (AvgIpc) is 2.52. The molecule has 0 radical (unpaired) electrons. The smallest absolute Gasteiger partial charge is 0.247 e. The van der Waals surface area contributed by atoms with Crippen molar-refractivity contribution in [1.29, 1.82) is 5.26 Å². The van der Waals surface area contributed by atoms with Crippen molar-refractivity contribution < 1.29 is 8.42 Å². The van der Waals surface area contributed by atoms with Gasteiger partial charge in [0.2, 0.25) is 10.0 Å². The van der Waals surface area contributed by atoms with Crippen molar-refractivity contribution in [2.75, 3.05) is 10.5 Å². The summed E-state index contributed by atoms with van der Waals surface area (Å²) in [4.78, 5) is 0. The molecule has 1 aromatic heterocycles. The first-order valence-electron chi connectivity index (χ1n) is 4.49. The third kappa shape index (κ3) is 3.59. The van der Waals surface area contributed by atoms with Crippen LogP contribution in [0.4, 0.5) is 5.82 Å². The van der Waals surface area contributed by atoms with Gasteiger partial charge in [-0.05, 0) is 6.42 Å². The Labute approximate surface area is 88.4 Å². The number of sulfonamides is 1. The van der Waals surface area contributed by atoms with Crippen molar-refractivity contribution in [1.82, 2.24) is 10.2 Å². The van der Waals surface area contributed by atoms with Crippen LogP contribution in [-0.2, 0) is 16.4 Å². The highest BCUT2D eigenvalue weighted by Gasteiger charge is 2.11. The highest BCUT2D eigenvalue weighted by Crippen LogP contribution is 2.08. The van der Waals surface area contributed by atoms with E-state index in [4.69, 9.17) is 5.26 Å². The number of H-pyrrole nitrogens is 1. The third-order valence-corrected chi connectivity index (χ3v) is 2.69. The summed E-state index contributed by atoms with van der Waals surface area (Å²) in [5.74, 6) is -0.336. The average molecular weight is 228 g/mol. The molecule has 1 rings (SSSR count). The van der Waals surface area contributed by atoms with Crippen LogP contribution in [-0.4, -0.2) is 24.4 Å². The van der Waals surface area contributed by atoms with Gasteiger partial charge in [-0.3, -0.25) is 9.82 Å². The van der Waals surface area contributed by atoms with Crippen LogP contribution in [0.15, 0.2) is 6.07 Å². The minimum absolute atomic E-state index is 0.230. The number of aromatic amines is 1. The van der Waals surface area contributed by atoms with Crippen LogP contribution in [0.1, 0.15) is 19.0 Å². The molecule has 0 spiro atoms. The molecule has 0 bridgehead atoms. The maximum absolute atomic E-state index is 11.2. The summed E-state index contributed by atoms with van der Waals surface area (Å²) in [6.45, 7) is 2.01. The van der Waals surface area contributed by atoms with Gasteiger partial charge in [0.05, 0.1) is 6.07 Å². The lowest BCUT2D eigenvalue weighted by atomic mass is 10.2. The van der Waals surface area contributed by atoms with E-state index in [1.54, 1.807) is 12.1 Å². The SMILES string of the molecule is CCCc1cc(NS(=O)(=O)CC#N)n[nH]1. The lowest BCUT2D eigenvalue weighted by Gasteiger charge is -1.98. The molecule has 1 heterocycles. The van der Waals surface area contributed by atoms with Gasteiger partial charge in [0.15, 0.2) is 11.6 Å². The molecular formula is C8H12N4O2S. The van der Waals surface area contributed by atoms with Gasteiger partial charge in [-0.1, -0.05) is 13.3 Å². The van der Waals surface area contributed by atoms with E-state index in [2.05, 4.69) is 14.9 Å². The Morgan fingerprint density at radius 3 is 3.00 bits per heavy atom. The van der Waals surface area contributed by atoms with Crippen molar-refractivity contribution in [3.8, 4) is 6.07 Å². The molecule has 0 atom stereocenters. The molecule has 0 amide bonds. The number of aromatic nitrogens is 2. The third-order valence-electron chi connectivity index (χ3n) is 1.66. The van der Waals surface area contributed by atoms with Gasteiger partial charge in [-0.25, -0.2) is 8.42 Å². The second-order valence-electron chi connectivity index (χ2n) is 3.05. The van der Waals surface area contributed by atoms with Crippen LogP contribution in [0.2, 0.25) is 0 Å². The summed E-state index contributed by atoms with van der Waals surface area (Å²) in [5.41, 5.74) is 0.868. The Kier molecular flexibility index (Phi) is 3.68. The van der Waals surface area contributed by atoms with Gasteiger partial charge in [0.1, 0.15) is 0 Å². The highest BCUT2D eigenvalue weighted by atomic mass is 32.2. The van der Waals surface area contributed by atoms with E-state index in [0.29, 0.717) is 0 Å². The largest absolute Gasteiger partial charge is 0.280 e. The Morgan fingerprint density at radius 2 is 2.40 bits per heavy atom. The summed E-state index contributed by atoms with van der Waals surface area (Å²) < 4.78 is 24.6. The normalized spacial score (nSPS) is 10.9. The van der Waals surface area contributed by atoms with E-state index in [1.165, 1.54) is 0 Å². The Bertz CT molecular complexity index is 457. The minimum atomic E-state index is -3.58. The number of nitrogens with zero attached hydrogens (tertiary/aromatic N) is 2. The molecule has 82 valence electrons. The maximum Gasteiger partial charge on any atom is 0.247 e. The number of hydrogen-bond acceptors (Lipinski definition) is 4. The second kappa shape index (κ2) is 4.79. The molecule has 0 saturated carbocycles. The van der Waals surface area contributed by atoms with Gasteiger partial charge in [-0.15, -0.1) is 0 Å². The first-order valence-corrected chi connectivity index (χ1v) is 6.14. The standard InChI is InChI=1S/C8H12N4O2S/c1-2-3-7-6-8(11-10-7)12-15(13,14)5-4-9/h6H,2-3,5H2,1H3,(H2,10,11,12). The van der Waals surface area contributed by atoms with Gasteiger partial charge >= 0.3 is 0 Å². The van der Waals surface area contributed by atoms with Crippen LogP contribution in [0.5, 0.6) is 0 Å². The van der Waals surface area contributed by atoms with Crippen molar-refractivity contribution in [3.63, 3.8) is 0 Å². The van der Waals surface area contributed by atoms with Gasteiger partial charge < -0.3 is 0 Å². The molecular weight excluding hydrogens is 216 g/mol. The first-order chi connectivity index (χ1) is 7.07. The molecule has 1 aromatic rings. The lowest BCUT2D eigenvalue weighted by Crippen LogP contribution is -2.15. The lowest BCUT2D eigenvalue weighted by molar-refractivity contribution is 0.604. The fraction of sp³-hybridized carbons (Fsp3) is 0.500. The molecule has 0 fully saturated rings. The zero-order valence-electron chi connectivity index (χ0n) is 8.32. The van der Waals surface area contributed by atoms with Crippen molar-refractivity contribution >= 4 is 15.8 Å². The quantitative estimate of drug-likeness (QED) is 0.772. The number of nitriles is 1. The fourth-order valence-electron chi connectivity index (χ4n) is 1.09. The molecule has 0 aliphatic heterocycles. The predicted octanol–water partition coefficient (Wildman–Crippen LogP) is 0.627. The number of anilines is 1. The maximum atomic E-state index is 11.2. The van der Waals surface area contributed by atoms with Crippen LogP contribution in [0, 0.1) is 11.3 Å². The van der Waals surface area contributed by atoms with Crippen molar-refractivity contribution in [2.24, 2.45) is 0 Å². The summed E-state index contributed by atoms with van der Waals surface area (Å²) in [6.07, 6.45) is 1.76. The molecule has 0 aliphatic carbocycles. The van der Waals surface area contributed by atoms with E-state index in [0.717, 1.165) is 18.5 Å². The summed E-state index contributed by atoms with van der Waals surface area (Å²) in [6, 6.07) is 3.20. The Hall–Kier alpha value is -1.55. The van der Waals surface area contributed by atoms with E-state index in [-0.39, 0.29) is 5.82 Å². The van der Waals surface area contributed by atoms with Crippen LogP contribution < -0.4 is 4.72 Å². The number of rotatable bonds is 5. The predicted molar refractivity (Wildman–Crippen MR) is 55.6 cm³/mol. The van der Waals surface area contributed by atoms with Crippen LogP contribution >= 0.6 is 0 Å². The molecule has 15 heavy (non-hydrogen) atoms. The molecule has 2 N–H and O–H groups in total. The van der Waals surface area contributed by atoms with Crippen molar-refractivity contribution in [2.45, 2.75) is 19.8 Å². The van der Waals surface area contributed by atoms with Crippen LogP contribution in [0.25, 0.3) is 0 Å².